The quantitative estimate of drug-likeness (QED) is 0.820. The van der Waals surface area contributed by atoms with Gasteiger partial charge in [0.1, 0.15) is 5.01 Å². The number of nitrogens with zero attached hydrogens (tertiary/aromatic N) is 1. The van der Waals surface area contributed by atoms with Crippen molar-refractivity contribution in [1.82, 2.24) is 10.3 Å². The molecule has 0 spiro atoms. The number of hydrogen-bond acceptors (Lipinski definition) is 3. The van der Waals surface area contributed by atoms with Crippen LogP contribution in [-0.4, -0.2) is 11.0 Å². The summed E-state index contributed by atoms with van der Waals surface area (Å²) in [6.07, 6.45) is 7.04. The molecule has 0 saturated heterocycles. The highest BCUT2D eigenvalue weighted by Gasteiger charge is 2.35. The minimum atomic E-state index is 0.0968. The van der Waals surface area contributed by atoms with Gasteiger partial charge in [-0.05, 0) is 38.5 Å². The zero-order valence-electron chi connectivity index (χ0n) is 10.5. The zero-order chi connectivity index (χ0) is 11.6. The Hall–Kier alpha value is -0.410. The van der Waals surface area contributed by atoms with Gasteiger partial charge in [0, 0.05) is 17.6 Å². The van der Waals surface area contributed by atoms with Crippen LogP contribution in [0.15, 0.2) is 11.6 Å². The van der Waals surface area contributed by atoms with Crippen molar-refractivity contribution in [2.24, 2.45) is 5.92 Å². The highest BCUT2D eigenvalue weighted by molar-refractivity contribution is 7.09. The summed E-state index contributed by atoms with van der Waals surface area (Å²) in [5, 5.41) is 7.10. The normalized spacial score (nSPS) is 20.0. The SMILES string of the molecule is CC(C)CCC(C)(NC1CC1)c1nccs1. The molecule has 1 atom stereocenters. The minimum Gasteiger partial charge on any atom is -0.303 e. The maximum Gasteiger partial charge on any atom is 0.112 e. The average molecular weight is 238 g/mol. The molecule has 1 aliphatic carbocycles. The molecule has 3 heteroatoms. The second-order valence-corrected chi connectivity index (χ2v) is 6.42. The van der Waals surface area contributed by atoms with Crippen LogP contribution in [0.1, 0.15) is 51.5 Å². The molecule has 0 amide bonds. The molecular weight excluding hydrogens is 216 g/mol. The van der Waals surface area contributed by atoms with E-state index in [9.17, 15) is 0 Å². The molecule has 0 bridgehead atoms. The van der Waals surface area contributed by atoms with Crippen LogP contribution in [0, 0.1) is 5.92 Å². The Labute approximate surface area is 102 Å². The van der Waals surface area contributed by atoms with E-state index in [1.54, 1.807) is 11.3 Å². The first-order valence-corrected chi connectivity index (χ1v) is 7.16. The van der Waals surface area contributed by atoms with E-state index in [2.05, 4.69) is 36.5 Å². The predicted octanol–water partition coefficient (Wildman–Crippen LogP) is 3.55. The summed E-state index contributed by atoms with van der Waals surface area (Å²) < 4.78 is 0. The first-order valence-electron chi connectivity index (χ1n) is 6.28. The highest BCUT2D eigenvalue weighted by Crippen LogP contribution is 2.33. The van der Waals surface area contributed by atoms with Gasteiger partial charge >= 0.3 is 0 Å². The van der Waals surface area contributed by atoms with Crippen molar-refractivity contribution in [1.29, 1.82) is 0 Å². The Morgan fingerprint density at radius 1 is 1.56 bits per heavy atom. The third-order valence-corrected chi connectivity index (χ3v) is 4.26. The van der Waals surface area contributed by atoms with Crippen LogP contribution in [0.25, 0.3) is 0 Å². The first kappa shape index (κ1) is 12.1. The van der Waals surface area contributed by atoms with Crippen molar-refractivity contribution in [2.75, 3.05) is 0 Å². The standard InChI is InChI=1S/C13H22N2S/c1-10(2)6-7-13(3,15-11-4-5-11)12-14-8-9-16-12/h8-11,15H,4-7H2,1-3H3. The summed E-state index contributed by atoms with van der Waals surface area (Å²) in [4.78, 5) is 4.50. The maximum atomic E-state index is 4.50. The third kappa shape index (κ3) is 3.05. The molecule has 16 heavy (non-hydrogen) atoms. The van der Waals surface area contributed by atoms with Crippen LogP contribution >= 0.6 is 11.3 Å². The second kappa shape index (κ2) is 4.84. The molecular formula is C13H22N2S. The number of thiazole rings is 1. The lowest BCUT2D eigenvalue weighted by molar-refractivity contribution is 0.308. The third-order valence-electron chi connectivity index (χ3n) is 3.23. The van der Waals surface area contributed by atoms with E-state index in [-0.39, 0.29) is 5.54 Å². The van der Waals surface area contributed by atoms with Crippen molar-refractivity contribution in [3.8, 4) is 0 Å². The van der Waals surface area contributed by atoms with Gasteiger partial charge in [-0.15, -0.1) is 11.3 Å². The first-order chi connectivity index (χ1) is 7.60. The Morgan fingerprint density at radius 3 is 2.81 bits per heavy atom. The van der Waals surface area contributed by atoms with Gasteiger partial charge in [0.05, 0.1) is 5.54 Å². The van der Waals surface area contributed by atoms with Gasteiger partial charge in [-0.1, -0.05) is 13.8 Å². The number of aromatic nitrogens is 1. The van der Waals surface area contributed by atoms with E-state index in [0.29, 0.717) is 0 Å². The van der Waals surface area contributed by atoms with Crippen LogP contribution in [0.2, 0.25) is 0 Å². The van der Waals surface area contributed by atoms with E-state index in [0.717, 1.165) is 12.0 Å². The predicted molar refractivity (Wildman–Crippen MR) is 69.7 cm³/mol. The molecule has 1 saturated carbocycles. The van der Waals surface area contributed by atoms with E-state index < -0.39 is 0 Å². The summed E-state index contributed by atoms with van der Waals surface area (Å²) in [7, 11) is 0. The molecule has 0 radical (unpaired) electrons. The Morgan fingerprint density at radius 2 is 2.31 bits per heavy atom. The highest BCUT2D eigenvalue weighted by atomic mass is 32.1. The molecule has 2 nitrogen and oxygen atoms in total. The molecule has 1 heterocycles. The Bertz CT molecular complexity index is 317. The van der Waals surface area contributed by atoms with Crippen molar-refractivity contribution in [3.63, 3.8) is 0 Å². The van der Waals surface area contributed by atoms with Crippen molar-refractivity contribution < 1.29 is 0 Å². The van der Waals surface area contributed by atoms with Crippen molar-refractivity contribution >= 4 is 11.3 Å². The average Bonchev–Trinajstić information content (AvgIpc) is 2.85. The molecule has 1 fully saturated rings. The molecule has 2 rings (SSSR count). The summed E-state index contributed by atoms with van der Waals surface area (Å²) in [6.45, 7) is 6.89. The smallest absolute Gasteiger partial charge is 0.112 e. The molecule has 1 aromatic rings. The van der Waals surface area contributed by atoms with E-state index in [4.69, 9.17) is 0 Å². The largest absolute Gasteiger partial charge is 0.303 e. The van der Waals surface area contributed by atoms with Crippen LogP contribution in [-0.2, 0) is 5.54 Å². The van der Waals surface area contributed by atoms with Gasteiger partial charge < -0.3 is 5.32 Å². The molecule has 1 unspecified atom stereocenters. The lowest BCUT2D eigenvalue weighted by Crippen LogP contribution is -2.41. The fraction of sp³-hybridized carbons (Fsp3) is 0.769. The van der Waals surface area contributed by atoms with Crippen LogP contribution in [0.3, 0.4) is 0 Å². The second-order valence-electron chi connectivity index (χ2n) is 5.52. The van der Waals surface area contributed by atoms with Crippen molar-refractivity contribution in [2.45, 2.75) is 58.0 Å². The van der Waals surface area contributed by atoms with Gasteiger partial charge in [0.25, 0.3) is 0 Å². The van der Waals surface area contributed by atoms with Gasteiger partial charge in [-0.2, -0.15) is 0 Å². The molecule has 1 aliphatic rings. The van der Waals surface area contributed by atoms with Gasteiger partial charge in [0.15, 0.2) is 0 Å². The number of nitrogens with one attached hydrogen (secondary N) is 1. The monoisotopic (exact) mass is 238 g/mol. The fourth-order valence-electron chi connectivity index (χ4n) is 1.99. The van der Waals surface area contributed by atoms with Crippen LogP contribution < -0.4 is 5.32 Å². The Kier molecular flexibility index (Phi) is 3.65. The summed E-state index contributed by atoms with van der Waals surface area (Å²) in [6, 6.07) is 0.737. The van der Waals surface area contributed by atoms with Gasteiger partial charge in [-0.3, -0.25) is 0 Å². The Balaban J connectivity index is 2.04. The maximum absolute atomic E-state index is 4.50. The summed E-state index contributed by atoms with van der Waals surface area (Å²) >= 11 is 1.78. The van der Waals surface area contributed by atoms with Crippen LogP contribution in [0.4, 0.5) is 0 Å². The fourth-order valence-corrected chi connectivity index (χ4v) is 2.79. The van der Waals surface area contributed by atoms with E-state index in [1.165, 1.54) is 30.7 Å². The zero-order valence-corrected chi connectivity index (χ0v) is 11.3. The van der Waals surface area contributed by atoms with Crippen LogP contribution in [0.5, 0.6) is 0 Å². The molecule has 1 N–H and O–H groups in total. The lowest BCUT2D eigenvalue weighted by atomic mass is 9.92. The van der Waals surface area contributed by atoms with Crippen molar-refractivity contribution in [3.05, 3.63) is 16.6 Å². The number of rotatable bonds is 6. The molecule has 90 valence electrons. The molecule has 0 aromatic carbocycles. The topological polar surface area (TPSA) is 24.9 Å². The molecule has 0 aliphatic heterocycles. The molecule has 1 aromatic heterocycles. The minimum absolute atomic E-state index is 0.0968. The van der Waals surface area contributed by atoms with Gasteiger partial charge in [-0.25, -0.2) is 4.98 Å². The van der Waals surface area contributed by atoms with E-state index >= 15 is 0 Å². The summed E-state index contributed by atoms with van der Waals surface area (Å²) in [5.41, 5.74) is 0.0968. The number of hydrogen-bond donors (Lipinski definition) is 1. The lowest BCUT2D eigenvalue weighted by Gasteiger charge is -2.30. The summed E-state index contributed by atoms with van der Waals surface area (Å²) in [5.74, 6) is 0.764. The van der Waals surface area contributed by atoms with E-state index in [1.807, 2.05) is 6.20 Å². The van der Waals surface area contributed by atoms with Gasteiger partial charge in [0.2, 0.25) is 0 Å².